The van der Waals surface area contributed by atoms with E-state index in [0.717, 1.165) is 0 Å². The van der Waals surface area contributed by atoms with Crippen LogP contribution in [-0.4, -0.2) is 22.1 Å². The minimum Gasteiger partial charge on any atom is -0.491 e. The van der Waals surface area contributed by atoms with Gasteiger partial charge in [0.25, 0.3) is 0 Å². The Morgan fingerprint density at radius 1 is 1.35 bits per heavy atom. The fraction of sp³-hybridized carbons (Fsp3) is 0.0556. The number of rotatable bonds is 7. The normalized spacial score (nSPS) is 11.0. The predicted octanol–water partition coefficient (Wildman–Crippen LogP) is 4.17. The molecule has 3 N–H and O–H groups in total. The van der Waals surface area contributed by atoms with Crippen molar-refractivity contribution in [2.24, 2.45) is 5.73 Å². The summed E-state index contributed by atoms with van der Waals surface area (Å²) in [6, 6.07) is 1.69. The summed E-state index contributed by atoms with van der Waals surface area (Å²) < 4.78 is 19.1. The highest BCUT2D eigenvalue weighted by Gasteiger charge is 2.15. The van der Waals surface area contributed by atoms with Crippen molar-refractivity contribution in [1.29, 1.82) is 0 Å². The lowest BCUT2D eigenvalue weighted by molar-refractivity contribution is 0.413. The van der Waals surface area contributed by atoms with Gasteiger partial charge in [0.15, 0.2) is 17.4 Å². The number of ether oxygens (including phenoxy) is 1. The first-order chi connectivity index (χ1) is 12.3. The Morgan fingerprint density at radius 3 is 2.65 bits per heavy atom. The summed E-state index contributed by atoms with van der Waals surface area (Å²) in [7, 11) is 1.46. The lowest BCUT2D eigenvalue weighted by Crippen LogP contribution is -2.06. The Morgan fingerprint density at radius 2 is 2.08 bits per heavy atom. The van der Waals surface area contributed by atoms with E-state index in [9.17, 15) is 4.39 Å². The minimum absolute atomic E-state index is 0.00823. The summed E-state index contributed by atoms with van der Waals surface area (Å²) in [5, 5.41) is 3.18. The Balaban J connectivity index is 2.54. The Kier molecular flexibility index (Phi) is 6.08. The average Bonchev–Trinajstić information content (AvgIpc) is 2.59. The molecule has 2 rings (SSSR count). The fourth-order valence-corrected chi connectivity index (χ4v) is 2.16. The SMILES string of the molecule is C=C(Cl)/C=C(\C(=C)F)c1ncc(OC)c(Nc2ccncc2C(=C)N)n1. The van der Waals surface area contributed by atoms with Gasteiger partial charge in [-0.1, -0.05) is 31.3 Å². The molecule has 0 aliphatic heterocycles. The molecule has 2 aromatic heterocycles. The van der Waals surface area contributed by atoms with Crippen LogP contribution in [0.5, 0.6) is 5.75 Å². The number of pyridine rings is 1. The van der Waals surface area contributed by atoms with Crippen LogP contribution in [0.3, 0.4) is 0 Å². The molecule has 26 heavy (non-hydrogen) atoms. The first kappa shape index (κ1) is 19.1. The Bertz CT molecular complexity index is 910. The molecule has 0 aromatic carbocycles. The summed E-state index contributed by atoms with van der Waals surface area (Å²) in [5.41, 5.74) is 7.30. The smallest absolute Gasteiger partial charge is 0.179 e. The van der Waals surface area contributed by atoms with Gasteiger partial charge in [0.1, 0.15) is 5.83 Å². The van der Waals surface area contributed by atoms with E-state index in [1.54, 1.807) is 18.5 Å². The van der Waals surface area contributed by atoms with Crippen molar-refractivity contribution in [3.63, 3.8) is 0 Å². The van der Waals surface area contributed by atoms with Gasteiger partial charge in [-0.2, -0.15) is 0 Å². The third-order valence-corrected chi connectivity index (χ3v) is 3.34. The summed E-state index contributed by atoms with van der Waals surface area (Å²) in [6.07, 6.45) is 5.83. The largest absolute Gasteiger partial charge is 0.491 e. The number of hydrogen-bond donors (Lipinski definition) is 2. The van der Waals surface area contributed by atoms with Crippen LogP contribution in [0.25, 0.3) is 11.3 Å². The van der Waals surface area contributed by atoms with Crippen molar-refractivity contribution < 1.29 is 9.13 Å². The molecule has 2 aromatic rings. The van der Waals surface area contributed by atoms with Crippen LogP contribution in [0, 0.1) is 0 Å². The molecule has 134 valence electrons. The van der Waals surface area contributed by atoms with Crippen molar-refractivity contribution >= 4 is 34.4 Å². The van der Waals surface area contributed by atoms with Crippen LogP contribution in [-0.2, 0) is 0 Å². The van der Waals surface area contributed by atoms with Crippen LogP contribution in [0.2, 0.25) is 0 Å². The van der Waals surface area contributed by atoms with Gasteiger partial charge in [-0.05, 0) is 12.1 Å². The zero-order chi connectivity index (χ0) is 19.3. The van der Waals surface area contributed by atoms with Crippen molar-refractivity contribution in [2.45, 2.75) is 0 Å². The van der Waals surface area contributed by atoms with Crippen LogP contribution < -0.4 is 15.8 Å². The average molecular weight is 374 g/mol. The molecule has 0 spiro atoms. The molecule has 0 aliphatic rings. The molecule has 6 nitrogen and oxygen atoms in total. The van der Waals surface area contributed by atoms with Crippen LogP contribution >= 0.6 is 11.6 Å². The maximum Gasteiger partial charge on any atom is 0.179 e. The lowest BCUT2D eigenvalue weighted by atomic mass is 10.2. The van der Waals surface area contributed by atoms with Crippen LogP contribution in [0.15, 0.2) is 61.3 Å². The minimum atomic E-state index is -0.747. The van der Waals surface area contributed by atoms with Crippen LogP contribution in [0.4, 0.5) is 15.9 Å². The van der Waals surface area contributed by atoms with E-state index >= 15 is 0 Å². The van der Waals surface area contributed by atoms with Gasteiger partial charge in [0, 0.05) is 28.7 Å². The van der Waals surface area contributed by atoms with Crippen molar-refractivity contribution in [3.05, 3.63) is 72.7 Å². The van der Waals surface area contributed by atoms with Crippen LogP contribution in [0.1, 0.15) is 11.4 Å². The highest BCUT2D eigenvalue weighted by atomic mass is 35.5. The molecule has 0 saturated carbocycles. The van der Waals surface area contributed by atoms with Gasteiger partial charge in [-0.25, -0.2) is 14.4 Å². The number of anilines is 2. The molecule has 0 fully saturated rings. The van der Waals surface area contributed by atoms with E-state index in [0.29, 0.717) is 28.5 Å². The number of nitrogens with one attached hydrogen (secondary N) is 1. The Labute approximate surface area is 155 Å². The highest BCUT2D eigenvalue weighted by molar-refractivity contribution is 6.31. The number of nitrogens with two attached hydrogens (primary N) is 1. The van der Waals surface area contributed by atoms with E-state index in [2.05, 4.69) is 40.0 Å². The molecule has 0 radical (unpaired) electrons. The standard InChI is InChI=1S/C18H17ClFN5O/c1-10(19)7-13(11(2)20)17-23-9-16(26-4)18(25-17)24-15-5-6-22-8-14(15)12(3)21/h5-9H,1-3,21H2,4H3,(H,22,23,24,25)/b13-7+. The van der Waals surface area contributed by atoms with Gasteiger partial charge < -0.3 is 15.8 Å². The van der Waals surface area contributed by atoms with Crippen molar-refractivity contribution in [3.8, 4) is 5.75 Å². The number of aromatic nitrogens is 3. The van der Waals surface area contributed by atoms with Crippen molar-refractivity contribution in [1.82, 2.24) is 15.0 Å². The number of hydrogen-bond acceptors (Lipinski definition) is 6. The first-order valence-corrected chi connectivity index (χ1v) is 7.69. The topological polar surface area (TPSA) is 86.0 Å². The molecular formula is C18H17ClFN5O. The molecule has 8 heteroatoms. The summed E-state index contributed by atoms with van der Waals surface area (Å²) >= 11 is 5.75. The molecule has 0 bridgehead atoms. The summed E-state index contributed by atoms with van der Waals surface area (Å²) in [6.45, 7) is 10.5. The zero-order valence-corrected chi connectivity index (χ0v) is 14.8. The monoisotopic (exact) mass is 373 g/mol. The summed E-state index contributed by atoms with van der Waals surface area (Å²) in [4.78, 5) is 12.4. The molecular weight excluding hydrogens is 357 g/mol. The highest BCUT2D eigenvalue weighted by Crippen LogP contribution is 2.30. The van der Waals surface area contributed by atoms with Crippen molar-refractivity contribution in [2.75, 3.05) is 12.4 Å². The third-order valence-electron chi connectivity index (χ3n) is 3.23. The second kappa shape index (κ2) is 8.26. The quantitative estimate of drug-likeness (QED) is 0.708. The molecule has 0 amide bonds. The second-order valence-electron chi connectivity index (χ2n) is 5.09. The zero-order valence-electron chi connectivity index (χ0n) is 14.1. The maximum absolute atomic E-state index is 13.8. The molecule has 2 heterocycles. The first-order valence-electron chi connectivity index (χ1n) is 7.31. The molecule has 0 unspecified atom stereocenters. The van der Waals surface area contributed by atoms with E-state index < -0.39 is 5.83 Å². The second-order valence-corrected chi connectivity index (χ2v) is 5.58. The number of halogens is 2. The molecule has 0 atom stereocenters. The fourth-order valence-electron chi connectivity index (χ4n) is 2.05. The molecule has 0 saturated heterocycles. The molecule has 0 aliphatic carbocycles. The number of nitrogens with zero attached hydrogens (tertiary/aromatic N) is 3. The number of allylic oxidation sites excluding steroid dienone is 4. The third kappa shape index (κ3) is 4.46. The van der Waals surface area contributed by atoms with Gasteiger partial charge in [-0.3, -0.25) is 4.98 Å². The Hall–Kier alpha value is -3.19. The van der Waals surface area contributed by atoms with E-state index in [-0.39, 0.29) is 16.4 Å². The van der Waals surface area contributed by atoms with Gasteiger partial charge in [0.05, 0.1) is 24.6 Å². The van der Waals surface area contributed by atoms with E-state index in [1.807, 2.05) is 0 Å². The predicted molar refractivity (Wildman–Crippen MR) is 103 cm³/mol. The maximum atomic E-state index is 13.8. The van der Waals surface area contributed by atoms with Gasteiger partial charge in [-0.15, -0.1) is 0 Å². The number of methoxy groups -OCH3 is 1. The van der Waals surface area contributed by atoms with E-state index in [1.165, 1.54) is 19.4 Å². The van der Waals surface area contributed by atoms with Gasteiger partial charge >= 0.3 is 0 Å². The summed E-state index contributed by atoms with van der Waals surface area (Å²) in [5.74, 6) is -0.0566. The van der Waals surface area contributed by atoms with E-state index in [4.69, 9.17) is 22.1 Å². The lowest BCUT2D eigenvalue weighted by Gasteiger charge is -2.14. The van der Waals surface area contributed by atoms with Gasteiger partial charge in [0.2, 0.25) is 0 Å².